The molecule has 17 heavy (non-hydrogen) atoms. The van der Waals surface area contributed by atoms with Crippen molar-refractivity contribution in [2.45, 2.75) is 32.0 Å². The first kappa shape index (κ1) is 12.6. The molecule has 1 saturated carbocycles. The lowest BCUT2D eigenvalue weighted by atomic mass is 9.87. The van der Waals surface area contributed by atoms with Crippen LogP contribution in [0.3, 0.4) is 0 Å². The zero-order chi connectivity index (χ0) is 12.1. The topological polar surface area (TPSA) is 55.5 Å². The van der Waals surface area contributed by atoms with Gasteiger partial charge in [0.2, 0.25) is 0 Å². The van der Waals surface area contributed by atoms with Gasteiger partial charge in [0.25, 0.3) is 0 Å². The molecule has 0 saturated heterocycles. The Hall–Kier alpha value is -0.900. The molecular weight excluding hydrogens is 214 g/mol. The highest BCUT2D eigenvalue weighted by Gasteiger charge is 2.37. The highest BCUT2D eigenvalue weighted by atomic mass is 16.5. The molecule has 2 unspecified atom stereocenters. The fourth-order valence-corrected chi connectivity index (χ4v) is 2.48. The lowest BCUT2D eigenvalue weighted by Gasteiger charge is -2.24. The van der Waals surface area contributed by atoms with Gasteiger partial charge < -0.3 is 15.6 Å². The number of nitrogens with two attached hydrogens (primary N) is 1. The van der Waals surface area contributed by atoms with E-state index in [-0.39, 0.29) is 18.1 Å². The van der Waals surface area contributed by atoms with Gasteiger partial charge in [-0.2, -0.15) is 0 Å². The second-order valence-corrected chi connectivity index (χ2v) is 5.02. The molecular formula is C14H21NO2. The van der Waals surface area contributed by atoms with Crippen molar-refractivity contribution < 1.29 is 9.84 Å². The average Bonchev–Trinajstić information content (AvgIpc) is 2.82. The van der Waals surface area contributed by atoms with Crippen molar-refractivity contribution in [3.8, 4) is 0 Å². The van der Waals surface area contributed by atoms with E-state index in [0.717, 1.165) is 19.3 Å². The Morgan fingerprint density at radius 3 is 2.71 bits per heavy atom. The maximum Gasteiger partial charge on any atom is 0.0720 e. The van der Waals surface area contributed by atoms with Crippen molar-refractivity contribution in [3.05, 3.63) is 35.9 Å². The first-order valence-corrected chi connectivity index (χ1v) is 6.24. The Morgan fingerprint density at radius 1 is 1.35 bits per heavy atom. The lowest BCUT2D eigenvalue weighted by Crippen LogP contribution is -2.32. The van der Waals surface area contributed by atoms with E-state index < -0.39 is 0 Å². The van der Waals surface area contributed by atoms with Crippen molar-refractivity contribution >= 4 is 0 Å². The minimum absolute atomic E-state index is 0.0959. The molecule has 1 aromatic carbocycles. The van der Waals surface area contributed by atoms with Gasteiger partial charge in [-0.3, -0.25) is 0 Å². The average molecular weight is 235 g/mol. The summed E-state index contributed by atoms with van der Waals surface area (Å²) in [5.74, 6) is 0. The summed E-state index contributed by atoms with van der Waals surface area (Å²) in [6, 6.07) is 10.2. The van der Waals surface area contributed by atoms with Crippen molar-refractivity contribution in [3.63, 3.8) is 0 Å². The van der Waals surface area contributed by atoms with Crippen LogP contribution in [0.15, 0.2) is 30.3 Å². The molecule has 1 fully saturated rings. The third-order valence-corrected chi connectivity index (χ3v) is 3.75. The maximum absolute atomic E-state index is 9.38. The van der Waals surface area contributed by atoms with E-state index in [1.165, 1.54) is 5.56 Å². The third-order valence-electron chi connectivity index (χ3n) is 3.75. The molecule has 1 aliphatic carbocycles. The molecule has 0 heterocycles. The molecule has 0 amide bonds. The fourth-order valence-electron chi connectivity index (χ4n) is 2.48. The van der Waals surface area contributed by atoms with Gasteiger partial charge in [-0.25, -0.2) is 0 Å². The SMILES string of the molecule is NCC1(CO)CCC(OCc2ccccc2)C1. The number of hydrogen-bond acceptors (Lipinski definition) is 3. The third kappa shape index (κ3) is 3.06. The van der Waals surface area contributed by atoms with Crippen molar-refractivity contribution in [2.75, 3.05) is 13.2 Å². The molecule has 0 bridgehead atoms. The van der Waals surface area contributed by atoms with Gasteiger partial charge in [-0.15, -0.1) is 0 Å². The molecule has 1 aliphatic rings. The van der Waals surface area contributed by atoms with E-state index in [1.807, 2.05) is 18.2 Å². The molecule has 1 aromatic rings. The summed E-state index contributed by atoms with van der Waals surface area (Å²) in [6.45, 7) is 1.38. The molecule has 0 aliphatic heterocycles. The van der Waals surface area contributed by atoms with Crippen LogP contribution >= 0.6 is 0 Å². The zero-order valence-electron chi connectivity index (χ0n) is 10.1. The van der Waals surface area contributed by atoms with E-state index in [2.05, 4.69) is 12.1 Å². The normalized spacial score (nSPS) is 28.5. The quantitative estimate of drug-likeness (QED) is 0.816. The number of ether oxygens (including phenoxy) is 1. The Bertz CT molecular complexity index is 335. The molecule has 3 N–H and O–H groups in total. The van der Waals surface area contributed by atoms with E-state index in [1.54, 1.807) is 0 Å². The standard InChI is InChI=1S/C14H21NO2/c15-10-14(11-16)7-6-13(8-14)17-9-12-4-2-1-3-5-12/h1-5,13,16H,6-11,15H2. The summed E-state index contributed by atoms with van der Waals surface area (Å²) in [5, 5.41) is 9.38. The minimum atomic E-state index is -0.0959. The molecule has 0 radical (unpaired) electrons. The Morgan fingerprint density at radius 2 is 2.12 bits per heavy atom. The molecule has 0 aromatic heterocycles. The molecule has 2 atom stereocenters. The summed E-state index contributed by atoms with van der Waals surface area (Å²) < 4.78 is 5.88. The van der Waals surface area contributed by atoms with Crippen LogP contribution in [0, 0.1) is 5.41 Å². The molecule has 2 rings (SSSR count). The van der Waals surface area contributed by atoms with E-state index >= 15 is 0 Å². The monoisotopic (exact) mass is 235 g/mol. The van der Waals surface area contributed by atoms with Crippen LogP contribution in [-0.4, -0.2) is 24.4 Å². The van der Waals surface area contributed by atoms with Crippen LogP contribution in [0.5, 0.6) is 0 Å². The Balaban J connectivity index is 1.82. The van der Waals surface area contributed by atoms with Crippen LogP contribution in [-0.2, 0) is 11.3 Å². The van der Waals surface area contributed by atoms with Gasteiger partial charge in [-0.1, -0.05) is 30.3 Å². The fraction of sp³-hybridized carbons (Fsp3) is 0.571. The summed E-state index contributed by atoms with van der Waals surface area (Å²) in [4.78, 5) is 0. The van der Waals surface area contributed by atoms with Crippen molar-refractivity contribution in [2.24, 2.45) is 11.1 Å². The van der Waals surface area contributed by atoms with Crippen LogP contribution in [0.1, 0.15) is 24.8 Å². The van der Waals surface area contributed by atoms with Gasteiger partial charge in [0.1, 0.15) is 0 Å². The molecule has 94 valence electrons. The number of aliphatic hydroxyl groups is 1. The number of aliphatic hydroxyl groups excluding tert-OH is 1. The summed E-state index contributed by atoms with van der Waals surface area (Å²) in [7, 11) is 0. The first-order valence-electron chi connectivity index (χ1n) is 6.24. The highest BCUT2D eigenvalue weighted by molar-refractivity contribution is 5.13. The Kier molecular flexibility index (Phi) is 4.15. The first-order chi connectivity index (χ1) is 8.28. The number of benzene rings is 1. The highest BCUT2D eigenvalue weighted by Crippen LogP contribution is 2.38. The summed E-state index contributed by atoms with van der Waals surface area (Å²) in [5.41, 5.74) is 6.83. The second-order valence-electron chi connectivity index (χ2n) is 5.02. The van der Waals surface area contributed by atoms with Crippen LogP contribution in [0.4, 0.5) is 0 Å². The smallest absolute Gasteiger partial charge is 0.0720 e. The van der Waals surface area contributed by atoms with Crippen LogP contribution in [0.2, 0.25) is 0 Å². The van der Waals surface area contributed by atoms with Crippen LogP contribution in [0.25, 0.3) is 0 Å². The molecule has 0 spiro atoms. The number of hydrogen-bond donors (Lipinski definition) is 2. The predicted octanol–water partition coefficient (Wildman–Crippen LogP) is 1.69. The largest absolute Gasteiger partial charge is 0.396 e. The van der Waals surface area contributed by atoms with E-state index in [9.17, 15) is 5.11 Å². The van der Waals surface area contributed by atoms with Gasteiger partial charge in [0, 0.05) is 12.0 Å². The number of rotatable bonds is 5. The van der Waals surface area contributed by atoms with Gasteiger partial charge in [0.05, 0.1) is 19.3 Å². The summed E-state index contributed by atoms with van der Waals surface area (Å²) >= 11 is 0. The zero-order valence-corrected chi connectivity index (χ0v) is 10.1. The maximum atomic E-state index is 9.38. The van der Waals surface area contributed by atoms with E-state index in [4.69, 9.17) is 10.5 Å². The molecule has 3 heteroatoms. The van der Waals surface area contributed by atoms with E-state index in [0.29, 0.717) is 13.2 Å². The van der Waals surface area contributed by atoms with Crippen LogP contribution < -0.4 is 5.73 Å². The summed E-state index contributed by atoms with van der Waals surface area (Å²) in [6.07, 6.45) is 3.10. The second kappa shape index (κ2) is 5.63. The lowest BCUT2D eigenvalue weighted by molar-refractivity contribution is 0.0298. The minimum Gasteiger partial charge on any atom is -0.396 e. The Labute approximate surface area is 103 Å². The predicted molar refractivity (Wildman–Crippen MR) is 67.4 cm³/mol. The molecule has 3 nitrogen and oxygen atoms in total. The van der Waals surface area contributed by atoms with Crippen molar-refractivity contribution in [1.82, 2.24) is 0 Å². The van der Waals surface area contributed by atoms with Gasteiger partial charge in [0.15, 0.2) is 0 Å². The van der Waals surface area contributed by atoms with Crippen molar-refractivity contribution in [1.29, 1.82) is 0 Å². The van der Waals surface area contributed by atoms with Gasteiger partial charge in [-0.05, 0) is 24.8 Å². The van der Waals surface area contributed by atoms with Gasteiger partial charge >= 0.3 is 0 Å².